The van der Waals surface area contributed by atoms with E-state index >= 15 is 0 Å². The second-order valence-electron chi connectivity index (χ2n) is 7.30. The highest BCUT2D eigenvalue weighted by atomic mass is 32.1. The summed E-state index contributed by atoms with van der Waals surface area (Å²) in [6, 6.07) is 17.3. The summed E-state index contributed by atoms with van der Waals surface area (Å²) < 4.78 is 0. The molecule has 28 heavy (non-hydrogen) atoms. The third kappa shape index (κ3) is 4.18. The number of rotatable bonds is 6. The Labute approximate surface area is 171 Å². The SMILES string of the molecule is CCN1CCCC1CNC(=S)NC(c1ccccc1)c1ccc2nc[nH]c2c1. The summed E-state index contributed by atoms with van der Waals surface area (Å²) in [5, 5.41) is 7.68. The van der Waals surface area contributed by atoms with Gasteiger partial charge in [-0.1, -0.05) is 43.3 Å². The standard InChI is InChI=1S/C22H27N5S/c1-2-27-12-6-9-18(27)14-23-22(28)26-21(16-7-4-3-5-8-16)17-10-11-19-20(13-17)25-15-24-19/h3-5,7-8,10-11,13,15,18,21H,2,6,9,12,14H2,1H3,(H,24,25)(H2,23,26,28). The number of likely N-dealkylation sites (tertiary alicyclic amines) is 1. The van der Waals surface area contributed by atoms with Crippen LogP contribution >= 0.6 is 12.2 Å². The van der Waals surface area contributed by atoms with E-state index in [0.29, 0.717) is 11.2 Å². The Morgan fingerprint density at radius 3 is 2.93 bits per heavy atom. The lowest BCUT2D eigenvalue weighted by molar-refractivity contribution is 0.267. The van der Waals surface area contributed by atoms with Crippen LogP contribution in [0.15, 0.2) is 54.9 Å². The summed E-state index contributed by atoms with van der Waals surface area (Å²) in [6.45, 7) is 5.41. The number of aromatic amines is 1. The fourth-order valence-corrected chi connectivity index (χ4v) is 4.27. The van der Waals surface area contributed by atoms with Gasteiger partial charge in [0.05, 0.1) is 23.4 Å². The van der Waals surface area contributed by atoms with Crippen LogP contribution < -0.4 is 10.6 Å². The average molecular weight is 394 g/mol. The first-order chi connectivity index (χ1) is 13.7. The Morgan fingerprint density at radius 2 is 2.11 bits per heavy atom. The molecule has 2 unspecified atom stereocenters. The van der Waals surface area contributed by atoms with Crippen LogP contribution in [0.25, 0.3) is 11.0 Å². The van der Waals surface area contributed by atoms with Crippen molar-refractivity contribution in [1.82, 2.24) is 25.5 Å². The average Bonchev–Trinajstić information content (AvgIpc) is 3.39. The van der Waals surface area contributed by atoms with Crippen LogP contribution in [0.1, 0.15) is 36.9 Å². The number of benzene rings is 2. The van der Waals surface area contributed by atoms with E-state index < -0.39 is 0 Å². The third-order valence-electron chi connectivity index (χ3n) is 5.59. The molecule has 1 aliphatic rings. The number of hydrogen-bond acceptors (Lipinski definition) is 3. The van der Waals surface area contributed by atoms with Crippen LogP contribution in [0.5, 0.6) is 0 Å². The zero-order chi connectivity index (χ0) is 19.3. The number of fused-ring (bicyclic) bond motifs is 1. The molecule has 4 rings (SSSR count). The molecule has 3 N–H and O–H groups in total. The number of nitrogens with one attached hydrogen (secondary N) is 3. The molecule has 3 aromatic rings. The Morgan fingerprint density at radius 1 is 1.25 bits per heavy atom. The lowest BCUT2D eigenvalue weighted by Gasteiger charge is -2.26. The van der Waals surface area contributed by atoms with E-state index in [0.717, 1.165) is 29.7 Å². The van der Waals surface area contributed by atoms with Gasteiger partial charge in [-0.2, -0.15) is 0 Å². The first kappa shape index (κ1) is 18.9. The predicted molar refractivity (Wildman–Crippen MR) is 118 cm³/mol. The topological polar surface area (TPSA) is 56.0 Å². The van der Waals surface area contributed by atoms with Gasteiger partial charge in [0.2, 0.25) is 0 Å². The molecule has 2 atom stereocenters. The lowest BCUT2D eigenvalue weighted by atomic mass is 9.98. The highest BCUT2D eigenvalue weighted by Crippen LogP contribution is 2.24. The maximum Gasteiger partial charge on any atom is 0.167 e. The van der Waals surface area contributed by atoms with Crippen LogP contribution in [-0.2, 0) is 0 Å². The van der Waals surface area contributed by atoms with Gasteiger partial charge in [0.1, 0.15) is 0 Å². The second kappa shape index (κ2) is 8.71. The molecule has 1 aromatic heterocycles. The number of likely N-dealkylation sites (N-methyl/N-ethyl adjacent to an activating group) is 1. The molecule has 0 bridgehead atoms. The molecule has 0 saturated carbocycles. The Kier molecular flexibility index (Phi) is 5.88. The Balaban J connectivity index is 1.50. The fraction of sp³-hybridized carbons (Fsp3) is 0.364. The van der Waals surface area contributed by atoms with E-state index in [1.54, 1.807) is 6.33 Å². The van der Waals surface area contributed by atoms with Crippen molar-refractivity contribution in [1.29, 1.82) is 0 Å². The van der Waals surface area contributed by atoms with Crippen LogP contribution in [0.3, 0.4) is 0 Å². The maximum atomic E-state index is 5.66. The maximum absolute atomic E-state index is 5.66. The minimum atomic E-state index is -0.0141. The Hall–Kier alpha value is -2.44. The van der Waals surface area contributed by atoms with Gasteiger partial charge in [0.25, 0.3) is 0 Å². The molecule has 6 heteroatoms. The van der Waals surface area contributed by atoms with Crippen LogP contribution in [0.4, 0.5) is 0 Å². The monoisotopic (exact) mass is 393 g/mol. The minimum Gasteiger partial charge on any atom is -0.361 e. The molecule has 1 aliphatic heterocycles. The van der Waals surface area contributed by atoms with Gasteiger partial charge in [-0.15, -0.1) is 0 Å². The van der Waals surface area contributed by atoms with Crippen molar-refractivity contribution in [2.45, 2.75) is 31.8 Å². The van der Waals surface area contributed by atoms with Crippen molar-refractivity contribution in [2.75, 3.05) is 19.6 Å². The number of H-pyrrole nitrogens is 1. The van der Waals surface area contributed by atoms with Gasteiger partial charge in [0.15, 0.2) is 5.11 Å². The summed E-state index contributed by atoms with van der Waals surface area (Å²) in [6.07, 6.45) is 4.24. The van der Waals surface area contributed by atoms with Crippen LogP contribution in [0, 0.1) is 0 Å². The second-order valence-corrected chi connectivity index (χ2v) is 7.71. The van der Waals surface area contributed by atoms with Gasteiger partial charge >= 0.3 is 0 Å². The van der Waals surface area contributed by atoms with Crippen LogP contribution in [-0.4, -0.2) is 45.7 Å². The van der Waals surface area contributed by atoms with E-state index in [4.69, 9.17) is 12.2 Å². The fourth-order valence-electron chi connectivity index (χ4n) is 4.07. The number of nitrogens with zero attached hydrogens (tertiary/aromatic N) is 2. The first-order valence-corrected chi connectivity index (χ1v) is 10.4. The molecule has 1 fully saturated rings. The molecule has 1 saturated heterocycles. The zero-order valence-electron chi connectivity index (χ0n) is 16.2. The largest absolute Gasteiger partial charge is 0.361 e. The van der Waals surface area contributed by atoms with Crippen molar-refractivity contribution < 1.29 is 0 Å². The van der Waals surface area contributed by atoms with E-state index in [2.05, 4.69) is 68.8 Å². The summed E-state index contributed by atoms with van der Waals surface area (Å²) in [7, 11) is 0. The van der Waals surface area contributed by atoms with Gasteiger partial charge in [0, 0.05) is 12.6 Å². The molecule has 2 aromatic carbocycles. The quantitative estimate of drug-likeness (QED) is 0.559. The van der Waals surface area contributed by atoms with Crippen molar-refractivity contribution in [3.63, 3.8) is 0 Å². The zero-order valence-corrected chi connectivity index (χ0v) is 17.0. The first-order valence-electron chi connectivity index (χ1n) is 10.0. The normalized spacial score (nSPS) is 18.2. The van der Waals surface area contributed by atoms with E-state index in [-0.39, 0.29) is 6.04 Å². The number of imidazole rings is 1. The summed E-state index contributed by atoms with van der Waals surface area (Å²) >= 11 is 5.66. The number of thiocarbonyl (C=S) groups is 1. The number of aromatic nitrogens is 2. The molecular weight excluding hydrogens is 366 g/mol. The van der Waals surface area contributed by atoms with E-state index in [1.807, 2.05) is 12.1 Å². The van der Waals surface area contributed by atoms with E-state index in [1.165, 1.54) is 24.9 Å². The predicted octanol–water partition coefficient (Wildman–Crippen LogP) is 3.60. The van der Waals surface area contributed by atoms with Gasteiger partial charge in [-0.3, -0.25) is 4.90 Å². The molecule has 146 valence electrons. The molecular formula is C22H27N5S. The van der Waals surface area contributed by atoms with Gasteiger partial charge in [-0.25, -0.2) is 4.98 Å². The Bertz CT molecular complexity index is 923. The smallest absolute Gasteiger partial charge is 0.167 e. The minimum absolute atomic E-state index is 0.0141. The molecule has 0 aliphatic carbocycles. The number of hydrogen-bond donors (Lipinski definition) is 3. The summed E-state index contributed by atoms with van der Waals surface area (Å²) in [4.78, 5) is 10.0. The van der Waals surface area contributed by atoms with Crippen molar-refractivity contribution in [2.24, 2.45) is 0 Å². The summed E-state index contributed by atoms with van der Waals surface area (Å²) in [5.41, 5.74) is 4.34. The van der Waals surface area contributed by atoms with Crippen molar-refractivity contribution in [3.05, 3.63) is 66.0 Å². The van der Waals surface area contributed by atoms with Crippen molar-refractivity contribution >= 4 is 28.4 Å². The third-order valence-corrected chi connectivity index (χ3v) is 5.85. The molecule has 2 heterocycles. The van der Waals surface area contributed by atoms with E-state index in [9.17, 15) is 0 Å². The molecule has 0 spiro atoms. The summed E-state index contributed by atoms with van der Waals surface area (Å²) in [5.74, 6) is 0. The molecule has 5 nitrogen and oxygen atoms in total. The molecule has 0 radical (unpaired) electrons. The lowest BCUT2D eigenvalue weighted by Crippen LogP contribution is -2.44. The van der Waals surface area contributed by atoms with Gasteiger partial charge < -0.3 is 15.6 Å². The van der Waals surface area contributed by atoms with Crippen LogP contribution in [0.2, 0.25) is 0 Å². The van der Waals surface area contributed by atoms with Crippen molar-refractivity contribution in [3.8, 4) is 0 Å². The molecule has 0 amide bonds. The highest BCUT2D eigenvalue weighted by molar-refractivity contribution is 7.80. The van der Waals surface area contributed by atoms with Gasteiger partial charge in [-0.05, 0) is 61.4 Å². The highest BCUT2D eigenvalue weighted by Gasteiger charge is 2.23.